The summed E-state index contributed by atoms with van der Waals surface area (Å²) in [6.07, 6.45) is 1.65. The smallest absolute Gasteiger partial charge is 0.207 e. The quantitative estimate of drug-likeness (QED) is 0.783. The van der Waals surface area contributed by atoms with Gasteiger partial charge in [-0.2, -0.15) is 4.31 Å². The minimum Gasteiger partial charge on any atom is -0.207 e. The van der Waals surface area contributed by atoms with E-state index < -0.39 is 10.0 Å². The van der Waals surface area contributed by atoms with Crippen molar-refractivity contribution < 1.29 is 12.8 Å². The highest BCUT2D eigenvalue weighted by atomic mass is 79.9. The van der Waals surface area contributed by atoms with Crippen LogP contribution in [0.4, 0.5) is 4.39 Å². The molecule has 2 aromatic carbocycles. The number of rotatable bonds is 5. The van der Waals surface area contributed by atoms with Crippen LogP contribution in [0.25, 0.3) is 0 Å². The first kappa shape index (κ1) is 15.6. The molecule has 1 aliphatic carbocycles. The molecular weight excluding hydrogens is 369 g/mol. The Bertz CT molecular complexity index is 773. The number of halogens is 2. The Balaban J connectivity index is 1.94. The molecule has 0 radical (unpaired) electrons. The number of sulfonamides is 1. The van der Waals surface area contributed by atoms with Gasteiger partial charge in [0, 0.05) is 22.6 Å². The second-order valence-corrected chi connectivity index (χ2v) is 8.13. The van der Waals surface area contributed by atoms with E-state index in [1.165, 1.54) is 10.4 Å². The standard InChI is InChI=1S/C16H15BrFNO2S/c17-13-5-9-15(10-6-13)22(20,21)19(14-7-8-14)11-12-3-1-2-4-16(12)18/h1-6,9-10,14H,7-8,11H2. The van der Waals surface area contributed by atoms with E-state index in [0.29, 0.717) is 5.56 Å². The van der Waals surface area contributed by atoms with Crippen LogP contribution in [0.5, 0.6) is 0 Å². The largest absolute Gasteiger partial charge is 0.243 e. The molecule has 0 unspecified atom stereocenters. The van der Waals surface area contributed by atoms with Crippen molar-refractivity contribution in [1.29, 1.82) is 0 Å². The van der Waals surface area contributed by atoms with Gasteiger partial charge in [-0.15, -0.1) is 0 Å². The first-order valence-corrected chi connectivity index (χ1v) is 9.22. The lowest BCUT2D eigenvalue weighted by atomic mass is 10.2. The van der Waals surface area contributed by atoms with E-state index in [2.05, 4.69) is 15.9 Å². The van der Waals surface area contributed by atoms with Crippen molar-refractivity contribution in [1.82, 2.24) is 4.31 Å². The fraction of sp³-hybridized carbons (Fsp3) is 0.250. The summed E-state index contributed by atoms with van der Waals surface area (Å²) in [7, 11) is -3.62. The molecule has 6 heteroatoms. The van der Waals surface area contributed by atoms with Gasteiger partial charge in [0.25, 0.3) is 0 Å². The van der Waals surface area contributed by atoms with Crippen molar-refractivity contribution in [2.75, 3.05) is 0 Å². The average molecular weight is 384 g/mol. The first-order valence-electron chi connectivity index (χ1n) is 6.99. The molecule has 0 bridgehead atoms. The number of hydrogen-bond donors (Lipinski definition) is 0. The Hall–Kier alpha value is -1.24. The third-order valence-corrected chi connectivity index (χ3v) is 6.10. The molecular formula is C16H15BrFNO2S. The minimum atomic E-state index is -3.62. The Kier molecular flexibility index (Phi) is 4.34. The molecule has 1 aliphatic rings. The SMILES string of the molecule is O=S(=O)(c1ccc(Br)cc1)N(Cc1ccccc1F)C1CC1. The fourth-order valence-electron chi connectivity index (χ4n) is 2.31. The number of hydrogen-bond acceptors (Lipinski definition) is 2. The molecule has 0 amide bonds. The summed E-state index contributed by atoms with van der Waals surface area (Å²) in [5.74, 6) is -0.376. The predicted molar refractivity (Wildman–Crippen MR) is 86.3 cm³/mol. The lowest BCUT2D eigenvalue weighted by Crippen LogP contribution is -2.33. The van der Waals surface area contributed by atoms with Gasteiger partial charge in [-0.3, -0.25) is 0 Å². The second kappa shape index (κ2) is 6.10. The van der Waals surface area contributed by atoms with Gasteiger partial charge in [-0.25, -0.2) is 12.8 Å². The van der Waals surface area contributed by atoms with E-state index in [0.717, 1.165) is 17.3 Å². The van der Waals surface area contributed by atoms with Crippen molar-refractivity contribution in [2.24, 2.45) is 0 Å². The van der Waals surface area contributed by atoms with E-state index in [4.69, 9.17) is 0 Å². The Labute approximate surface area is 137 Å². The summed E-state index contributed by atoms with van der Waals surface area (Å²) >= 11 is 3.30. The summed E-state index contributed by atoms with van der Waals surface area (Å²) in [4.78, 5) is 0.235. The second-order valence-electron chi connectivity index (χ2n) is 5.33. The third kappa shape index (κ3) is 3.24. The molecule has 22 heavy (non-hydrogen) atoms. The van der Waals surface area contributed by atoms with Crippen LogP contribution in [0.15, 0.2) is 57.9 Å². The fourth-order valence-corrected chi connectivity index (χ4v) is 4.24. The van der Waals surface area contributed by atoms with Gasteiger partial charge in [0.05, 0.1) is 4.90 Å². The van der Waals surface area contributed by atoms with Crippen molar-refractivity contribution in [2.45, 2.75) is 30.3 Å². The van der Waals surface area contributed by atoms with Crippen LogP contribution in [0.2, 0.25) is 0 Å². The van der Waals surface area contributed by atoms with Crippen LogP contribution in [-0.4, -0.2) is 18.8 Å². The first-order chi connectivity index (χ1) is 10.5. The highest BCUT2D eigenvalue weighted by Crippen LogP contribution is 2.34. The van der Waals surface area contributed by atoms with Crippen molar-refractivity contribution in [3.63, 3.8) is 0 Å². The average Bonchev–Trinajstić information content (AvgIpc) is 3.31. The molecule has 1 saturated carbocycles. The molecule has 3 nitrogen and oxygen atoms in total. The summed E-state index contributed by atoms with van der Waals surface area (Å²) in [6.45, 7) is 0.0652. The van der Waals surface area contributed by atoms with Crippen LogP contribution in [0, 0.1) is 5.82 Å². The van der Waals surface area contributed by atoms with Gasteiger partial charge >= 0.3 is 0 Å². The van der Waals surface area contributed by atoms with Crippen LogP contribution in [0.1, 0.15) is 18.4 Å². The predicted octanol–water partition coefficient (Wildman–Crippen LogP) is 3.94. The van der Waals surface area contributed by atoms with Gasteiger partial charge in [-0.1, -0.05) is 34.1 Å². The van der Waals surface area contributed by atoms with Gasteiger partial charge < -0.3 is 0 Å². The maximum atomic E-state index is 13.8. The molecule has 0 heterocycles. The van der Waals surface area contributed by atoms with Crippen LogP contribution in [0.3, 0.4) is 0 Å². The summed E-state index contributed by atoms with van der Waals surface area (Å²) in [5, 5.41) is 0. The van der Waals surface area contributed by atoms with E-state index in [-0.39, 0.29) is 23.3 Å². The Morgan fingerprint density at radius 2 is 1.73 bits per heavy atom. The summed E-state index contributed by atoms with van der Waals surface area (Å²) < 4.78 is 41.7. The topological polar surface area (TPSA) is 37.4 Å². The van der Waals surface area contributed by atoms with Gasteiger partial charge in [0.2, 0.25) is 10.0 Å². The maximum absolute atomic E-state index is 13.8. The minimum absolute atomic E-state index is 0.0340. The van der Waals surface area contributed by atoms with Crippen molar-refractivity contribution >= 4 is 26.0 Å². The maximum Gasteiger partial charge on any atom is 0.243 e. The normalized spacial score (nSPS) is 15.2. The van der Waals surface area contributed by atoms with Crippen molar-refractivity contribution in [3.8, 4) is 0 Å². The molecule has 2 aromatic rings. The molecule has 0 aliphatic heterocycles. The highest BCUT2D eigenvalue weighted by molar-refractivity contribution is 9.10. The molecule has 0 N–H and O–H groups in total. The lowest BCUT2D eigenvalue weighted by Gasteiger charge is -2.22. The van der Waals surface area contributed by atoms with Crippen LogP contribution in [-0.2, 0) is 16.6 Å². The molecule has 116 valence electrons. The van der Waals surface area contributed by atoms with E-state index in [9.17, 15) is 12.8 Å². The van der Waals surface area contributed by atoms with Crippen LogP contribution >= 0.6 is 15.9 Å². The molecule has 1 fully saturated rings. The monoisotopic (exact) mass is 383 g/mol. The summed E-state index contributed by atoms with van der Waals surface area (Å²) in [5.41, 5.74) is 0.398. The zero-order valence-electron chi connectivity index (χ0n) is 11.7. The Morgan fingerprint density at radius 3 is 2.32 bits per heavy atom. The van der Waals surface area contributed by atoms with Crippen LogP contribution < -0.4 is 0 Å². The molecule has 3 rings (SSSR count). The zero-order chi connectivity index (χ0) is 15.7. The van der Waals surface area contributed by atoms with E-state index >= 15 is 0 Å². The molecule has 0 spiro atoms. The van der Waals surface area contributed by atoms with E-state index in [1.807, 2.05) is 0 Å². The lowest BCUT2D eigenvalue weighted by molar-refractivity contribution is 0.391. The molecule has 0 atom stereocenters. The highest BCUT2D eigenvalue weighted by Gasteiger charge is 2.38. The number of benzene rings is 2. The van der Waals surface area contributed by atoms with Gasteiger partial charge in [0.1, 0.15) is 5.82 Å². The molecule has 0 aromatic heterocycles. The third-order valence-electron chi connectivity index (χ3n) is 3.66. The summed E-state index contributed by atoms with van der Waals surface area (Å²) in [6, 6.07) is 12.8. The molecule has 0 saturated heterocycles. The zero-order valence-corrected chi connectivity index (χ0v) is 14.1. The Morgan fingerprint density at radius 1 is 1.09 bits per heavy atom. The number of nitrogens with zero attached hydrogens (tertiary/aromatic N) is 1. The van der Waals surface area contributed by atoms with Gasteiger partial charge in [0.15, 0.2) is 0 Å². The van der Waals surface area contributed by atoms with Gasteiger partial charge in [-0.05, 0) is 43.2 Å². The van der Waals surface area contributed by atoms with Crippen molar-refractivity contribution in [3.05, 3.63) is 64.4 Å². The van der Waals surface area contributed by atoms with E-state index in [1.54, 1.807) is 42.5 Å².